The lowest BCUT2D eigenvalue weighted by Gasteiger charge is -2.48. The average Bonchev–Trinajstić information content (AvgIpc) is 2.28. The molecule has 2 aliphatic rings. The monoisotopic (exact) mass is 235 g/mol. The van der Waals surface area contributed by atoms with Crippen molar-refractivity contribution < 1.29 is 9.13 Å². The minimum Gasteiger partial charge on any atom is -0.487 e. The number of halogens is 1. The van der Waals surface area contributed by atoms with E-state index < -0.39 is 0 Å². The minimum atomic E-state index is -0.181. The predicted octanol–water partition coefficient (Wildman–Crippen LogP) is 3.18. The Morgan fingerprint density at radius 3 is 2.94 bits per heavy atom. The largest absolute Gasteiger partial charge is 0.487 e. The summed E-state index contributed by atoms with van der Waals surface area (Å²) in [5.41, 5.74) is 1.00. The molecule has 3 rings (SSSR count). The summed E-state index contributed by atoms with van der Waals surface area (Å²) >= 11 is 0. The topological polar surface area (TPSA) is 21.3 Å². The van der Waals surface area contributed by atoms with Gasteiger partial charge in [0.15, 0.2) is 0 Å². The fourth-order valence-corrected chi connectivity index (χ4v) is 2.95. The van der Waals surface area contributed by atoms with E-state index in [9.17, 15) is 4.39 Å². The number of fused-ring (bicyclic) bond motifs is 1. The summed E-state index contributed by atoms with van der Waals surface area (Å²) < 4.78 is 19.4. The smallest absolute Gasteiger partial charge is 0.125 e. The molecule has 1 N–H and O–H groups in total. The first-order valence-electron chi connectivity index (χ1n) is 6.44. The van der Waals surface area contributed by atoms with E-state index in [-0.39, 0.29) is 17.5 Å². The summed E-state index contributed by atoms with van der Waals surface area (Å²) in [5.74, 6) is 0.683. The van der Waals surface area contributed by atoms with Crippen LogP contribution in [-0.4, -0.2) is 12.1 Å². The van der Waals surface area contributed by atoms with Crippen molar-refractivity contribution in [2.24, 2.45) is 0 Å². The first-order chi connectivity index (χ1) is 8.22. The number of nitrogens with one attached hydrogen (secondary N) is 1. The Bertz CT molecular complexity index is 428. The highest BCUT2D eigenvalue weighted by molar-refractivity contribution is 5.40. The molecule has 1 aliphatic carbocycles. The van der Waals surface area contributed by atoms with Crippen molar-refractivity contribution >= 4 is 0 Å². The lowest BCUT2D eigenvalue weighted by molar-refractivity contribution is -0.0368. The van der Waals surface area contributed by atoms with Crippen LogP contribution in [0.25, 0.3) is 0 Å². The molecule has 17 heavy (non-hydrogen) atoms. The fraction of sp³-hybridized carbons (Fsp3) is 0.571. The van der Waals surface area contributed by atoms with Gasteiger partial charge in [0, 0.05) is 18.0 Å². The van der Waals surface area contributed by atoms with Gasteiger partial charge >= 0.3 is 0 Å². The molecule has 1 spiro atoms. The lowest BCUT2D eigenvalue weighted by atomic mass is 9.73. The number of benzene rings is 1. The van der Waals surface area contributed by atoms with E-state index in [2.05, 4.69) is 12.2 Å². The summed E-state index contributed by atoms with van der Waals surface area (Å²) in [6.07, 6.45) is 4.48. The molecule has 0 saturated heterocycles. The number of rotatable bonds is 2. The van der Waals surface area contributed by atoms with Gasteiger partial charge in [-0.1, -0.05) is 6.92 Å². The Morgan fingerprint density at radius 2 is 2.29 bits per heavy atom. The lowest BCUT2D eigenvalue weighted by Crippen LogP contribution is -2.49. The van der Waals surface area contributed by atoms with Gasteiger partial charge in [-0.2, -0.15) is 0 Å². The van der Waals surface area contributed by atoms with Crippen LogP contribution in [0.15, 0.2) is 18.2 Å². The fourth-order valence-electron chi connectivity index (χ4n) is 2.95. The molecule has 0 amide bonds. The number of hydrogen-bond donors (Lipinski definition) is 1. The molecule has 0 radical (unpaired) electrons. The highest BCUT2D eigenvalue weighted by atomic mass is 19.1. The minimum absolute atomic E-state index is 0.0255. The maximum absolute atomic E-state index is 13.3. The zero-order valence-electron chi connectivity index (χ0n) is 10.1. The van der Waals surface area contributed by atoms with Crippen molar-refractivity contribution in [3.05, 3.63) is 29.6 Å². The second-order valence-corrected chi connectivity index (χ2v) is 5.14. The van der Waals surface area contributed by atoms with Crippen LogP contribution in [0.4, 0.5) is 4.39 Å². The van der Waals surface area contributed by atoms with Crippen molar-refractivity contribution in [2.75, 3.05) is 6.54 Å². The molecule has 3 heteroatoms. The predicted molar refractivity (Wildman–Crippen MR) is 64.6 cm³/mol. The standard InChI is InChI=1S/C14H18FNO/c1-2-16-12-9-14(6-3-7-14)17-13-5-4-10(15)8-11(12)13/h4-5,8,12,16H,2-3,6-7,9H2,1H3. The van der Waals surface area contributed by atoms with Crippen LogP contribution in [0.1, 0.15) is 44.2 Å². The molecule has 0 bridgehead atoms. The Hall–Kier alpha value is -1.09. The summed E-state index contributed by atoms with van der Waals surface area (Å²) in [4.78, 5) is 0. The maximum Gasteiger partial charge on any atom is 0.125 e. The Kier molecular flexibility index (Phi) is 2.58. The van der Waals surface area contributed by atoms with Crippen LogP contribution in [-0.2, 0) is 0 Å². The van der Waals surface area contributed by atoms with E-state index >= 15 is 0 Å². The molecule has 1 saturated carbocycles. The van der Waals surface area contributed by atoms with Crippen LogP contribution in [0, 0.1) is 5.82 Å². The number of hydrogen-bond acceptors (Lipinski definition) is 2. The van der Waals surface area contributed by atoms with Crippen LogP contribution in [0.2, 0.25) is 0 Å². The maximum atomic E-state index is 13.3. The molecule has 1 unspecified atom stereocenters. The molecule has 1 aromatic rings. The summed E-state index contributed by atoms with van der Waals surface area (Å²) in [7, 11) is 0. The third-order valence-electron chi connectivity index (χ3n) is 3.97. The van der Waals surface area contributed by atoms with E-state index in [0.29, 0.717) is 0 Å². The zero-order chi connectivity index (χ0) is 11.9. The Labute approximate surface area is 101 Å². The summed E-state index contributed by atoms with van der Waals surface area (Å²) in [6.45, 7) is 2.98. The van der Waals surface area contributed by atoms with Gasteiger partial charge in [-0.25, -0.2) is 4.39 Å². The van der Waals surface area contributed by atoms with Gasteiger partial charge < -0.3 is 10.1 Å². The van der Waals surface area contributed by atoms with E-state index in [1.165, 1.54) is 12.5 Å². The van der Waals surface area contributed by atoms with Gasteiger partial charge in [-0.05, 0) is 44.0 Å². The van der Waals surface area contributed by atoms with Gasteiger partial charge in [0.1, 0.15) is 17.2 Å². The average molecular weight is 235 g/mol. The molecular formula is C14H18FNO. The zero-order valence-corrected chi connectivity index (χ0v) is 10.1. The van der Waals surface area contributed by atoms with Gasteiger partial charge in [-0.3, -0.25) is 0 Å². The van der Waals surface area contributed by atoms with Crippen molar-refractivity contribution in [1.82, 2.24) is 5.32 Å². The Balaban J connectivity index is 1.96. The molecule has 92 valence electrons. The van der Waals surface area contributed by atoms with Gasteiger partial charge in [-0.15, -0.1) is 0 Å². The Morgan fingerprint density at radius 1 is 1.47 bits per heavy atom. The van der Waals surface area contributed by atoms with Crippen LogP contribution >= 0.6 is 0 Å². The van der Waals surface area contributed by atoms with Crippen LogP contribution < -0.4 is 10.1 Å². The van der Waals surface area contributed by atoms with Crippen LogP contribution in [0.3, 0.4) is 0 Å². The van der Waals surface area contributed by atoms with Crippen molar-refractivity contribution in [3.63, 3.8) is 0 Å². The highest BCUT2D eigenvalue weighted by Crippen LogP contribution is 2.48. The van der Waals surface area contributed by atoms with E-state index in [4.69, 9.17) is 4.74 Å². The van der Waals surface area contributed by atoms with E-state index in [1.54, 1.807) is 12.1 Å². The SMILES string of the molecule is CCNC1CC2(CCC2)Oc2ccc(F)cc21. The molecular weight excluding hydrogens is 217 g/mol. The van der Waals surface area contributed by atoms with E-state index in [0.717, 1.165) is 37.1 Å². The third-order valence-corrected chi connectivity index (χ3v) is 3.97. The summed E-state index contributed by atoms with van der Waals surface area (Å²) in [5, 5.41) is 3.44. The molecule has 0 aromatic heterocycles. The first kappa shape index (κ1) is 11.0. The van der Waals surface area contributed by atoms with Gasteiger partial charge in [0.05, 0.1) is 0 Å². The third kappa shape index (κ3) is 1.82. The molecule has 1 atom stereocenters. The van der Waals surface area contributed by atoms with Crippen molar-refractivity contribution in [1.29, 1.82) is 0 Å². The molecule has 1 fully saturated rings. The second kappa shape index (κ2) is 3.98. The first-order valence-corrected chi connectivity index (χ1v) is 6.44. The number of ether oxygens (including phenoxy) is 1. The molecule has 1 heterocycles. The van der Waals surface area contributed by atoms with Crippen LogP contribution in [0.5, 0.6) is 5.75 Å². The molecule has 1 aromatic carbocycles. The van der Waals surface area contributed by atoms with Crippen molar-refractivity contribution in [3.8, 4) is 5.75 Å². The second-order valence-electron chi connectivity index (χ2n) is 5.14. The van der Waals surface area contributed by atoms with Crippen molar-refractivity contribution in [2.45, 2.75) is 44.2 Å². The van der Waals surface area contributed by atoms with Gasteiger partial charge in [0.2, 0.25) is 0 Å². The van der Waals surface area contributed by atoms with Gasteiger partial charge in [0.25, 0.3) is 0 Å². The quantitative estimate of drug-likeness (QED) is 0.850. The van der Waals surface area contributed by atoms with E-state index in [1.807, 2.05) is 0 Å². The highest BCUT2D eigenvalue weighted by Gasteiger charge is 2.45. The normalized spacial score (nSPS) is 24.9. The molecule has 2 nitrogen and oxygen atoms in total. The summed E-state index contributed by atoms with van der Waals surface area (Å²) in [6, 6.07) is 5.10. The molecule has 1 aliphatic heterocycles.